The average Bonchev–Trinajstić information content (AvgIpc) is 2.68. The number of nitrogens with one attached hydrogen (secondary N) is 1. The first-order valence-electron chi connectivity index (χ1n) is 9.65. The second-order valence-corrected chi connectivity index (χ2v) is 7.50. The lowest BCUT2D eigenvalue weighted by atomic mass is 10.1. The van der Waals surface area contributed by atoms with Crippen molar-refractivity contribution in [2.75, 3.05) is 25.5 Å². The predicted molar refractivity (Wildman–Crippen MR) is 103 cm³/mol. The molecule has 2 aromatic rings. The number of hydrogen-bond acceptors (Lipinski definition) is 5. The maximum absolute atomic E-state index is 13.0. The molecule has 142 valence electrons. The Morgan fingerprint density at radius 1 is 1.23 bits per heavy atom. The first kappa shape index (κ1) is 16.0. The summed E-state index contributed by atoms with van der Waals surface area (Å²) in [7, 11) is -0.686. The molecule has 4 atom stereocenters. The van der Waals surface area contributed by atoms with E-state index in [1.807, 2.05) is 29.8 Å². The number of carbonyl (C=O) groups is 1. The minimum atomic E-state index is -4.33. The van der Waals surface area contributed by atoms with E-state index < -0.39 is 41.2 Å². The van der Waals surface area contributed by atoms with Crippen LogP contribution in [-0.4, -0.2) is 46.2 Å². The molecular formula is C18H25N3O4S. The minimum Gasteiger partial charge on any atom is -0.480 e. The number of carboxylic acids is 1. The third kappa shape index (κ3) is 4.51. The summed E-state index contributed by atoms with van der Waals surface area (Å²) >= 11 is 0. The third-order valence-corrected chi connectivity index (χ3v) is 5.25. The molecule has 0 spiro atoms. The number of nitrogens with two attached hydrogens (primary N) is 1. The molecule has 0 aliphatic heterocycles. The average molecular weight is 386 g/mol. The van der Waals surface area contributed by atoms with Crippen LogP contribution in [0.1, 0.15) is 23.3 Å². The fraction of sp³-hybridized carbons (Fsp3) is 0.389. The van der Waals surface area contributed by atoms with Crippen molar-refractivity contribution in [1.29, 1.82) is 0 Å². The van der Waals surface area contributed by atoms with Gasteiger partial charge in [0, 0.05) is 34.7 Å². The van der Waals surface area contributed by atoms with Crippen LogP contribution in [0.5, 0.6) is 0 Å². The molecule has 0 saturated heterocycles. The molecule has 0 heterocycles. The van der Waals surface area contributed by atoms with Crippen LogP contribution in [0.2, 0.25) is 0 Å². The van der Waals surface area contributed by atoms with E-state index in [-0.39, 0.29) is 11.4 Å². The van der Waals surface area contributed by atoms with Crippen LogP contribution in [0.15, 0.2) is 41.3 Å². The van der Waals surface area contributed by atoms with Crippen molar-refractivity contribution < 1.29 is 22.4 Å². The number of fused-ring (bicyclic) bond motifs is 1. The summed E-state index contributed by atoms with van der Waals surface area (Å²) in [4.78, 5) is 13.3. The van der Waals surface area contributed by atoms with Gasteiger partial charge in [-0.15, -0.1) is 0 Å². The van der Waals surface area contributed by atoms with E-state index in [4.69, 9.17) is 9.85 Å². The second-order valence-electron chi connectivity index (χ2n) is 5.82. The highest BCUT2D eigenvalue weighted by Crippen LogP contribution is 2.30. The van der Waals surface area contributed by atoms with E-state index in [0.717, 1.165) is 5.69 Å². The van der Waals surface area contributed by atoms with Crippen LogP contribution < -0.4 is 15.4 Å². The second kappa shape index (κ2) is 8.48. The minimum absolute atomic E-state index is 0.125. The van der Waals surface area contributed by atoms with Gasteiger partial charge < -0.3 is 15.7 Å². The van der Waals surface area contributed by atoms with Crippen molar-refractivity contribution in [3.63, 3.8) is 0 Å². The number of carboxylic acid groups (broad SMARTS) is 1. The molecule has 0 aliphatic carbocycles. The van der Waals surface area contributed by atoms with Gasteiger partial charge in [0.05, 0.1) is 4.90 Å². The van der Waals surface area contributed by atoms with E-state index in [9.17, 15) is 18.3 Å². The van der Waals surface area contributed by atoms with Gasteiger partial charge in [-0.3, -0.25) is 4.79 Å². The normalized spacial score (nSPS) is 18.2. The number of rotatable bonds is 9. The quantitative estimate of drug-likeness (QED) is 0.606. The zero-order valence-electron chi connectivity index (χ0n) is 17.6. The molecule has 8 heteroatoms. The fourth-order valence-electron chi connectivity index (χ4n) is 2.56. The zero-order valence-corrected chi connectivity index (χ0v) is 15.4. The van der Waals surface area contributed by atoms with Crippen LogP contribution in [0.25, 0.3) is 10.8 Å². The molecule has 0 aliphatic rings. The number of benzene rings is 2. The Labute approximate surface area is 158 Å². The van der Waals surface area contributed by atoms with E-state index in [1.54, 1.807) is 24.3 Å². The molecule has 0 fully saturated rings. The predicted octanol–water partition coefficient (Wildman–Crippen LogP) is 1.77. The summed E-state index contributed by atoms with van der Waals surface area (Å²) in [5.74, 6) is -1.59. The molecule has 0 bridgehead atoms. The highest BCUT2D eigenvalue weighted by atomic mass is 32.2. The van der Waals surface area contributed by atoms with Crippen molar-refractivity contribution >= 4 is 32.5 Å². The lowest BCUT2D eigenvalue weighted by Crippen LogP contribution is -2.40. The lowest BCUT2D eigenvalue weighted by molar-refractivity contribution is -0.139. The van der Waals surface area contributed by atoms with Crippen LogP contribution >= 0.6 is 0 Å². The maximum atomic E-state index is 13.0. The van der Waals surface area contributed by atoms with E-state index in [1.165, 1.54) is 6.07 Å². The van der Waals surface area contributed by atoms with E-state index in [0.29, 0.717) is 10.8 Å². The Balaban J connectivity index is 2.49. The molecule has 0 radical (unpaired) electrons. The Morgan fingerprint density at radius 3 is 2.50 bits per heavy atom. The molecule has 4 N–H and O–H groups in total. The van der Waals surface area contributed by atoms with Crippen molar-refractivity contribution in [3.05, 3.63) is 36.4 Å². The van der Waals surface area contributed by atoms with Gasteiger partial charge in [-0.2, -0.15) is 4.72 Å². The van der Waals surface area contributed by atoms with Gasteiger partial charge in [-0.1, -0.05) is 30.7 Å². The van der Waals surface area contributed by atoms with Gasteiger partial charge in [-0.25, -0.2) is 8.42 Å². The number of anilines is 1. The summed E-state index contributed by atoms with van der Waals surface area (Å²) in [6, 6.07) is 7.92. The Kier molecular flexibility index (Phi) is 5.23. The number of hydrogen-bond donors (Lipinski definition) is 3. The largest absolute Gasteiger partial charge is 0.480 e. The van der Waals surface area contributed by atoms with Crippen LogP contribution in [-0.2, 0) is 14.8 Å². The van der Waals surface area contributed by atoms with Crippen molar-refractivity contribution in [2.45, 2.75) is 30.1 Å². The van der Waals surface area contributed by atoms with Crippen molar-refractivity contribution in [2.24, 2.45) is 5.73 Å². The monoisotopic (exact) mass is 385 g/mol. The van der Waals surface area contributed by atoms with Gasteiger partial charge in [0.15, 0.2) is 0 Å². The lowest BCUT2D eigenvalue weighted by Gasteiger charge is -2.18. The molecular weight excluding hydrogens is 354 g/mol. The van der Waals surface area contributed by atoms with Crippen molar-refractivity contribution in [3.8, 4) is 0 Å². The standard InChI is InChI=1S/C18H25N3O4S/c1-21(2)16-10-5-8-14-13(16)7-6-11-17(14)26(24,25)20-15(18(22)23)9-3-4-12-19/h5-8,10-11,15,20H,3-4,9,12,19H2,1-2H3,(H,22,23)/t15-/m1/s1/i3T,4T,9T/t3?,4?,9?,15-. The Morgan fingerprint density at radius 2 is 1.88 bits per heavy atom. The molecule has 3 unspecified atom stereocenters. The first-order valence-corrected chi connectivity index (χ1v) is 9.40. The van der Waals surface area contributed by atoms with Gasteiger partial charge in [-0.05, 0) is 31.5 Å². The third-order valence-electron chi connectivity index (χ3n) is 3.75. The van der Waals surface area contributed by atoms with Gasteiger partial charge in [0.2, 0.25) is 10.0 Å². The van der Waals surface area contributed by atoms with Crippen LogP contribution in [0, 0.1) is 0 Å². The van der Waals surface area contributed by atoms with E-state index >= 15 is 0 Å². The summed E-state index contributed by atoms with van der Waals surface area (Å²) in [6.07, 6.45) is -4.40. The van der Waals surface area contributed by atoms with Crippen molar-refractivity contribution in [1.82, 2.24) is 4.72 Å². The maximum Gasteiger partial charge on any atom is 0.321 e. The fourth-order valence-corrected chi connectivity index (χ4v) is 3.93. The molecule has 0 amide bonds. The summed E-state index contributed by atoms with van der Waals surface area (Å²) in [5, 5.41) is 10.5. The van der Waals surface area contributed by atoms with E-state index in [2.05, 4.69) is 0 Å². The number of nitrogens with zero attached hydrogens (tertiary/aromatic N) is 1. The molecule has 0 saturated carbocycles. The highest BCUT2D eigenvalue weighted by Gasteiger charge is 2.26. The summed E-state index contributed by atoms with van der Waals surface area (Å²) < 4.78 is 51.6. The van der Waals surface area contributed by atoms with Gasteiger partial charge in [0.1, 0.15) is 6.04 Å². The van der Waals surface area contributed by atoms with Crippen LogP contribution in [0.3, 0.4) is 0 Å². The molecule has 26 heavy (non-hydrogen) atoms. The topological polar surface area (TPSA) is 113 Å². The smallest absolute Gasteiger partial charge is 0.321 e. The first-order chi connectivity index (χ1) is 13.5. The SMILES string of the molecule is [3H]C(CN)C([3H])C([3H])[C@@H](NS(=O)(=O)c1cccc2c(N(C)C)cccc12)C(=O)O. The molecule has 0 aromatic heterocycles. The van der Waals surface area contributed by atoms with Gasteiger partial charge >= 0.3 is 5.97 Å². The molecule has 7 nitrogen and oxygen atoms in total. The Bertz CT molecular complexity index is 987. The Hall–Kier alpha value is -2.16. The summed E-state index contributed by atoms with van der Waals surface area (Å²) in [6.45, 7) is -0.237. The van der Waals surface area contributed by atoms with Crippen LogP contribution in [0.4, 0.5) is 5.69 Å². The summed E-state index contributed by atoms with van der Waals surface area (Å²) in [5.41, 5.74) is 6.12. The zero-order chi connectivity index (χ0) is 21.9. The highest BCUT2D eigenvalue weighted by molar-refractivity contribution is 7.89. The van der Waals surface area contributed by atoms with Gasteiger partial charge in [0.25, 0.3) is 0 Å². The number of aliphatic carboxylic acids is 1. The number of sulfonamides is 1. The molecule has 2 aromatic carbocycles. The molecule has 2 rings (SSSR count).